The number of aromatic nitrogens is 1. The predicted molar refractivity (Wildman–Crippen MR) is 82.2 cm³/mol. The molecule has 0 atom stereocenters. The molecule has 0 saturated carbocycles. The second-order valence-electron chi connectivity index (χ2n) is 5.17. The zero-order chi connectivity index (χ0) is 13.1. The second-order valence-corrected chi connectivity index (χ2v) is 5.61. The van der Waals surface area contributed by atoms with Crippen LogP contribution in [0.5, 0.6) is 0 Å². The van der Waals surface area contributed by atoms with Crippen LogP contribution < -0.4 is 4.57 Å². The molecule has 0 spiro atoms. The van der Waals surface area contributed by atoms with E-state index in [0.717, 1.165) is 5.75 Å². The topological polar surface area (TPSA) is 3.88 Å². The highest BCUT2D eigenvalue weighted by atomic mass is 32.1. The summed E-state index contributed by atoms with van der Waals surface area (Å²) in [5.41, 5.74) is 1.34. The van der Waals surface area contributed by atoms with Gasteiger partial charge in [0.05, 0.1) is 0 Å². The molecule has 0 fully saturated rings. The van der Waals surface area contributed by atoms with Crippen LogP contribution in [0.4, 0.5) is 0 Å². The maximum Gasteiger partial charge on any atom is 0.169 e. The van der Waals surface area contributed by atoms with E-state index >= 15 is 0 Å². The lowest BCUT2D eigenvalue weighted by molar-refractivity contribution is -0.697. The average Bonchev–Trinajstić information content (AvgIpc) is 2.39. The molecular formula is C16H28NS+. The maximum atomic E-state index is 4.23. The first kappa shape index (κ1) is 15.6. The van der Waals surface area contributed by atoms with Crippen LogP contribution in [0.15, 0.2) is 24.5 Å². The van der Waals surface area contributed by atoms with Crippen LogP contribution in [0, 0.1) is 6.92 Å². The van der Waals surface area contributed by atoms with Gasteiger partial charge in [-0.15, -0.1) is 0 Å². The maximum absolute atomic E-state index is 4.23. The van der Waals surface area contributed by atoms with Crippen LogP contribution in [-0.4, -0.2) is 5.75 Å². The smallest absolute Gasteiger partial charge is 0.169 e. The van der Waals surface area contributed by atoms with Gasteiger partial charge in [-0.1, -0.05) is 32.1 Å². The Labute approximate surface area is 118 Å². The Hall–Kier alpha value is -0.500. The van der Waals surface area contributed by atoms with Gasteiger partial charge in [0.15, 0.2) is 12.4 Å². The van der Waals surface area contributed by atoms with Gasteiger partial charge >= 0.3 is 0 Å². The number of nitrogens with zero attached hydrogens (tertiary/aromatic N) is 1. The summed E-state index contributed by atoms with van der Waals surface area (Å²) in [6, 6.07) is 4.36. The summed E-state index contributed by atoms with van der Waals surface area (Å²) in [6.45, 7) is 3.30. The summed E-state index contributed by atoms with van der Waals surface area (Å²) >= 11 is 4.23. The molecule has 1 heterocycles. The first-order valence-electron chi connectivity index (χ1n) is 7.39. The molecule has 0 saturated heterocycles. The SMILES string of the molecule is Cc1cc[n+](CCCCCCCCCCS)cc1. The molecule has 0 unspecified atom stereocenters. The van der Waals surface area contributed by atoms with Crippen molar-refractivity contribution >= 4 is 12.6 Å². The quantitative estimate of drug-likeness (QED) is 0.365. The van der Waals surface area contributed by atoms with Crippen molar-refractivity contribution in [1.29, 1.82) is 0 Å². The van der Waals surface area contributed by atoms with Crippen LogP contribution in [0.1, 0.15) is 56.9 Å². The largest absolute Gasteiger partial charge is 0.205 e. The lowest BCUT2D eigenvalue weighted by atomic mass is 10.1. The van der Waals surface area contributed by atoms with E-state index < -0.39 is 0 Å². The summed E-state index contributed by atoms with van der Waals surface area (Å²) in [4.78, 5) is 0. The van der Waals surface area contributed by atoms with Gasteiger partial charge < -0.3 is 0 Å². The van der Waals surface area contributed by atoms with Crippen LogP contribution in [0.25, 0.3) is 0 Å². The Morgan fingerprint density at radius 1 is 0.833 bits per heavy atom. The van der Waals surface area contributed by atoms with E-state index in [-0.39, 0.29) is 0 Å². The highest BCUT2D eigenvalue weighted by Crippen LogP contribution is 2.08. The standard InChI is InChI=1S/C16H27NS/c1-16-10-13-17(14-11-16)12-8-6-4-2-3-5-7-9-15-18/h10-11,13-14H,2-9,12,15H2,1H3/p+1. The van der Waals surface area contributed by atoms with Gasteiger partial charge in [-0.25, -0.2) is 4.57 Å². The van der Waals surface area contributed by atoms with Crippen LogP contribution in [0.3, 0.4) is 0 Å². The van der Waals surface area contributed by atoms with Crippen molar-refractivity contribution in [2.24, 2.45) is 0 Å². The summed E-state index contributed by atoms with van der Waals surface area (Å²) in [5.74, 6) is 1.05. The minimum atomic E-state index is 1.05. The van der Waals surface area contributed by atoms with E-state index in [9.17, 15) is 0 Å². The molecule has 0 N–H and O–H groups in total. The van der Waals surface area contributed by atoms with Gasteiger partial charge in [0.2, 0.25) is 0 Å². The lowest BCUT2D eigenvalue weighted by Crippen LogP contribution is -2.32. The fraction of sp³-hybridized carbons (Fsp3) is 0.688. The van der Waals surface area contributed by atoms with Crippen molar-refractivity contribution in [2.45, 2.75) is 64.8 Å². The molecule has 2 heteroatoms. The first-order valence-corrected chi connectivity index (χ1v) is 8.03. The number of thiol groups is 1. The zero-order valence-electron chi connectivity index (χ0n) is 11.8. The van der Waals surface area contributed by atoms with Crippen molar-refractivity contribution in [3.63, 3.8) is 0 Å². The van der Waals surface area contributed by atoms with E-state index in [0.29, 0.717) is 0 Å². The molecule has 0 radical (unpaired) electrons. The van der Waals surface area contributed by atoms with E-state index in [4.69, 9.17) is 0 Å². The van der Waals surface area contributed by atoms with E-state index in [2.05, 4.69) is 48.6 Å². The number of hydrogen-bond donors (Lipinski definition) is 1. The normalized spacial score (nSPS) is 10.8. The molecule has 1 aromatic rings. The summed E-state index contributed by atoms with van der Waals surface area (Å²) < 4.78 is 2.29. The Kier molecular flexibility index (Phi) is 9.01. The number of rotatable bonds is 10. The lowest BCUT2D eigenvalue weighted by Gasteiger charge is -2.01. The number of hydrogen-bond acceptors (Lipinski definition) is 1. The first-order chi connectivity index (χ1) is 8.83. The summed E-state index contributed by atoms with van der Waals surface area (Å²) in [5, 5.41) is 0. The van der Waals surface area contributed by atoms with Gasteiger partial charge in [0.1, 0.15) is 6.54 Å². The van der Waals surface area contributed by atoms with Gasteiger partial charge in [0, 0.05) is 18.6 Å². The number of aryl methyl sites for hydroxylation is 2. The third-order valence-electron chi connectivity index (χ3n) is 3.38. The predicted octanol–water partition coefficient (Wildman–Crippen LogP) is 4.33. The summed E-state index contributed by atoms with van der Waals surface area (Å²) in [7, 11) is 0. The van der Waals surface area contributed by atoms with Crippen LogP contribution in [-0.2, 0) is 6.54 Å². The third-order valence-corrected chi connectivity index (χ3v) is 3.70. The average molecular weight is 266 g/mol. The fourth-order valence-electron chi connectivity index (χ4n) is 2.15. The van der Waals surface area contributed by atoms with Crippen LogP contribution >= 0.6 is 12.6 Å². The van der Waals surface area contributed by atoms with Gasteiger partial charge in [0.25, 0.3) is 0 Å². The summed E-state index contributed by atoms with van der Waals surface area (Å²) in [6.07, 6.45) is 15.3. The van der Waals surface area contributed by atoms with Crippen molar-refractivity contribution in [3.8, 4) is 0 Å². The van der Waals surface area contributed by atoms with E-state index in [1.165, 1.54) is 63.5 Å². The molecule has 0 aromatic carbocycles. The van der Waals surface area contributed by atoms with Gasteiger partial charge in [-0.3, -0.25) is 0 Å². The van der Waals surface area contributed by atoms with Gasteiger partial charge in [-0.05, 0) is 31.1 Å². The molecule has 102 valence electrons. The number of unbranched alkanes of at least 4 members (excludes halogenated alkanes) is 7. The van der Waals surface area contributed by atoms with E-state index in [1.807, 2.05) is 0 Å². The molecule has 1 aromatic heterocycles. The van der Waals surface area contributed by atoms with Crippen LogP contribution in [0.2, 0.25) is 0 Å². The number of pyridine rings is 1. The molecule has 1 rings (SSSR count). The molecule has 0 aliphatic heterocycles. The molecule has 0 aliphatic carbocycles. The molecule has 1 nitrogen and oxygen atoms in total. The van der Waals surface area contributed by atoms with Gasteiger partial charge in [-0.2, -0.15) is 12.6 Å². The highest BCUT2D eigenvalue weighted by molar-refractivity contribution is 7.80. The van der Waals surface area contributed by atoms with Crippen molar-refractivity contribution in [3.05, 3.63) is 30.1 Å². The minimum absolute atomic E-state index is 1.05. The van der Waals surface area contributed by atoms with Crippen molar-refractivity contribution < 1.29 is 4.57 Å². The zero-order valence-corrected chi connectivity index (χ0v) is 12.7. The molecule has 18 heavy (non-hydrogen) atoms. The minimum Gasteiger partial charge on any atom is -0.205 e. The third kappa shape index (κ3) is 7.75. The van der Waals surface area contributed by atoms with Crippen molar-refractivity contribution in [1.82, 2.24) is 0 Å². The monoisotopic (exact) mass is 266 g/mol. The molecule has 0 bridgehead atoms. The Balaban J connectivity index is 1.91. The highest BCUT2D eigenvalue weighted by Gasteiger charge is 1.99. The Bertz CT molecular complexity index is 294. The Morgan fingerprint density at radius 2 is 1.33 bits per heavy atom. The van der Waals surface area contributed by atoms with Crippen molar-refractivity contribution in [2.75, 3.05) is 5.75 Å². The molecule has 0 amide bonds. The molecule has 0 aliphatic rings. The van der Waals surface area contributed by atoms with E-state index in [1.54, 1.807) is 0 Å². The fourth-order valence-corrected chi connectivity index (χ4v) is 2.37. The molecular weight excluding hydrogens is 238 g/mol. The Morgan fingerprint density at radius 3 is 1.89 bits per heavy atom. The second kappa shape index (κ2) is 10.4.